The lowest BCUT2D eigenvalue weighted by molar-refractivity contribution is -0.122. The molecule has 2 amide bonds. The molecule has 166 valence electrons. The molecule has 8 heteroatoms. The second-order valence-corrected chi connectivity index (χ2v) is 8.77. The molecule has 2 aliphatic heterocycles. The summed E-state index contributed by atoms with van der Waals surface area (Å²) in [5, 5.41) is 3.33. The Balaban J connectivity index is 1.44. The molecule has 5 rings (SSSR count). The highest BCUT2D eigenvalue weighted by atomic mass is 32.2. The first-order valence-electron chi connectivity index (χ1n) is 10.6. The standard InChI is InChI=1S/C25H22N4O3S/c1-17(30)26-19-8-10-20(11-9-19)27-25-29(15-21-6-4-14-32-21)24(31)23(33-25)16-28-13-12-18-5-2-3-7-22(18)28/h2-11,14,16H,12-13,15H2,1H3,(H,26,30)/b23-16-,27-25+. The average Bonchev–Trinajstić information content (AvgIpc) is 3.53. The smallest absolute Gasteiger partial charge is 0.268 e. The molecule has 1 N–H and O–H groups in total. The lowest BCUT2D eigenvalue weighted by Gasteiger charge is -2.15. The zero-order chi connectivity index (χ0) is 22.8. The number of benzene rings is 2. The molecule has 33 heavy (non-hydrogen) atoms. The molecule has 0 radical (unpaired) electrons. The zero-order valence-corrected chi connectivity index (χ0v) is 18.8. The van der Waals surface area contributed by atoms with Crippen LogP contribution in [0.2, 0.25) is 0 Å². The summed E-state index contributed by atoms with van der Waals surface area (Å²) in [4.78, 5) is 33.7. The molecule has 3 aromatic rings. The summed E-state index contributed by atoms with van der Waals surface area (Å²) < 4.78 is 5.48. The van der Waals surface area contributed by atoms with E-state index < -0.39 is 0 Å². The van der Waals surface area contributed by atoms with E-state index >= 15 is 0 Å². The molecule has 1 aromatic heterocycles. The highest BCUT2D eigenvalue weighted by Gasteiger charge is 2.35. The van der Waals surface area contributed by atoms with Gasteiger partial charge in [0.2, 0.25) is 5.91 Å². The molecule has 0 bridgehead atoms. The van der Waals surface area contributed by atoms with Crippen molar-refractivity contribution in [2.24, 2.45) is 4.99 Å². The van der Waals surface area contributed by atoms with E-state index in [9.17, 15) is 9.59 Å². The lowest BCUT2D eigenvalue weighted by atomic mass is 10.2. The summed E-state index contributed by atoms with van der Waals surface area (Å²) >= 11 is 1.35. The van der Waals surface area contributed by atoms with E-state index in [-0.39, 0.29) is 11.8 Å². The summed E-state index contributed by atoms with van der Waals surface area (Å²) in [5.74, 6) is 0.453. The predicted octanol–water partition coefficient (Wildman–Crippen LogP) is 4.91. The Labute approximate surface area is 195 Å². The number of fused-ring (bicyclic) bond motifs is 1. The van der Waals surface area contributed by atoms with Crippen LogP contribution in [0.15, 0.2) is 87.4 Å². The van der Waals surface area contributed by atoms with E-state index in [0.717, 1.165) is 18.7 Å². The number of furan rings is 1. The van der Waals surface area contributed by atoms with Crippen LogP contribution in [0.4, 0.5) is 17.1 Å². The van der Waals surface area contributed by atoms with Gasteiger partial charge in [-0.05, 0) is 66.2 Å². The van der Waals surface area contributed by atoms with Crippen LogP contribution >= 0.6 is 11.8 Å². The molecule has 0 atom stereocenters. The van der Waals surface area contributed by atoms with E-state index in [1.54, 1.807) is 29.4 Å². The maximum Gasteiger partial charge on any atom is 0.268 e. The number of nitrogens with zero attached hydrogens (tertiary/aromatic N) is 3. The van der Waals surface area contributed by atoms with Gasteiger partial charge in [0.05, 0.1) is 23.4 Å². The SMILES string of the molecule is CC(=O)Nc1ccc(/N=C2/S/C(=C\N3CCc4ccccc43)C(=O)N2Cc2ccco2)cc1. The monoisotopic (exact) mass is 458 g/mol. The van der Waals surface area contributed by atoms with Crippen molar-refractivity contribution in [1.29, 1.82) is 0 Å². The van der Waals surface area contributed by atoms with Crippen LogP contribution < -0.4 is 10.2 Å². The van der Waals surface area contributed by atoms with Crippen molar-refractivity contribution >= 4 is 45.8 Å². The zero-order valence-electron chi connectivity index (χ0n) is 18.0. The van der Waals surface area contributed by atoms with Crippen molar-refractivity contribution in [3.05, 3.63) is 89.4 Å². The van der Waals surface area contributed by atoms with Crippen LogP contribution in [0.5, 0.6) is 0 Å². The van der Waals surface area contributed by atoms with Crippen molar-refractivity contribution in [2.45, 2.75) is 19.9 Å². The number of amides is 2. The number of hydrogen-bond donors (Lipinski definition) is 1. The lowest BCUT2D eigenvalue weighted by Crippen LogP contribution is -2.28. The van der Waals surface area contributed by atoms with Gasteiger partial charge in [-0.3, -0.25) is 14.5 Å². The van der Waals surface area contributed by atoms with E-state index in [0.29, 0.717) is 33.8 Å². The Morgan fingerprint density at radius 2 is 1.97 bits per heavy atom. The first-order chi connectivity index (χ1) is 16.1. The molecule has 1 fully saturated rings. The molecule has 0 spiro atoms. The highest BCUT2D eigenvalue weighted by Crippen LogP contribution is 2.36. The van der Waals surface area contributed by atoms with Gasteiger partial charge >= 0.3 is 0 Å². The fraction of sp³-hybridized carbons (Fsp3) is 0.160. The van der Waals surface area contributed by atoms with Gasteiger partial charge in [-0.2, -0.15) is 0 Å². The fourth-order valence-corrected chi connectivity index (χ4v) is 4.83. The minimum atomic E-state index is -0.131. The average molecular weight is 459 g/mol. The van der Waals surface area contributed by atoms with Gasteiger partial charge in [-0.15, -0.1) is 0 Å². The number of amidine groups is 1. The number of carbonyl (C=O) groups excluding carboxylic acids is 2. The fourth-order valence-electron chi connectivity index (χ4n) is 3.85. The number of aliphatic imine (C=N–C) groups is 1. The molecule has 0 saturated carbocycles. The Bertz CT molecular complexity index is 1250. The minimum absolute atomic E-state index is 0.102. The van der Waals surface area contributed by atoms with Gasteiger partial charge in [-0.1, -0.05) is 18.2 Å². The molecule has 0 unspecified atom stereocenters. The number of hydrogen-bond acceptors (Lipinski definition) is 6. The van der Waals surface area contributed by atoms with Crippen molar-refractivity contribution in [3.63, 3.8) is 0 Å². The van der Waals surface area contributed by atoms with Gasteiger partial charge in [0.1, 0.15) is 5.76 Å². The van der Waals surface area contributed by atoms with Crippen LogP contribution in [-0.2, 0) is 22.6 Å². The third-order valence-electron chi connectivity index (χ3n) is 5.39. The van der Waals surface area contributed by atoms with Gasteiger partial charge < -0.3 is 14.6 Å². The minimum Gasteiger partial charge on any atom is -0.467 e. The molecule has 1 saturated heterocycles. The van der Waals surface area contributed by atoms with Crippen molar-refractivity contribution in [2.75, 3.05) is 16.8 Å². The van der Waals surface area contributed by atoms with Crippen molar-refractivity contribution in [3.8, 4) is 0 Å². The van der Waals surface area contributed by atoms with Gasteiger partial charge in [0.15, 0.2) is 5.17 Å². The third kappa shape index (κ3) is 4.56. The number of thioether (sulfide) groups is 1. The molecular formula is C25H22N4O3S. The molecule has 2 aromatic carbocycles. The second kappa shape index (κ2) is 8.99. The Morgan fingerprint density at radius 3 is 2.73 bits per heavy atom. The second-order valence-electron chi connectivity index (χ2n) is 7.76. The summed E-state index contributed by atoms with van der Waals surface area (Å²) in [5.41, 5.74) is 3.80. The van der Waals surface area contributed by atoms with Crippen molar-refractivity contribution < 1.29 is 14.0 Å². The van der Waals surface area contributed by atoms with Gasteiger partial charge in [0.25, 0.3) is 5.91 Å². The van der Waals surface area contributed by atoms with Crippen LogP contribution in [0.3, 0.4) is 0 Å². The quantitative estimate of drug-likeness (QED) is 0.550. The number of rotatable bonds is 5. The number of nitrogens with one attached hydrogen (secondary N) is 1. The maximum absolute atomic E-state index is 13.3. The van der Waals surface area contributed by atoms with Crippen LogP contribution in [0.1, 0.15) is 18.2 Å². The number of carbonyl (C=O) groups is 2. The summed E-state index contributed by atoms with van der Waals surface area (Å²) in [6.45, 7) is 2.61. The van der Waals surface area contributed by atoms with E-state index in [2.05, 4.69) is 22.3 Å². The summed E-state index contributed by atoms with van der Waals surface area (Å²) in [7, 11) is 0. The molecule has 0 aliphatic carbocycles. The number of para-hydroxylation sites is 1. The van der Waals surface area contributed by atoms with Crippen LogP contribution in [0.25, 0.3) is 0 Å². The van der Waals surface area contributed by atoms with Crippen LogP contribution in [0, 0.1) is 0 Å². The third-order valence-corrected chi connectivity index (χ3v) is 6.38. The summed E-state index contributed by atoms with van der Waals surface area (Å²) in [6.07, 6.45) is 4.48. The number of anilines is 2. The Kier molecular flexibility index (Phi) is 5.75. The molecular weight excluding hydrogens is 436 g/mol. The normalized spacial score (nSPS) is 17.8. The maximum atomic E-state index is 13.3. The first-order valence-corrected chi connectivity index (χ1v) is 11.4. The van der Waals surface area contributed by atoms with E-state index in [1.807, 2.05) is 36.5 Å². The van der Waals surface area contributed by atoms with Gasteiger partial charge in [-0.25, -0.2) is 4.99 Å². The summed E-state index contributed by atoms with van der Waals surface area (Å²) in [6, 6.07) is 19.1. The first kappa shape index (κ1) is 21.1. The predicted molar refractivity (Wildman–Crippen MR) is 130 cm³/mol. The van der Waals surface area contributed by atoms with E-state index in [4.69, 9.17) is 9.41 Å². The Morgan fingerprint density at radius 1 is 1.15 bits per heavy atom. The molecule has 2 aliphatic rings. The largest absolute Gasteiger partial charge is 0.467 e. The van der Waals surface area contributed by atoms with E-state index in [1.165, 1.54) is 24.2 Å². The Hall–Kier alpha value is -3.78. The highest BCUT2D eigenvalue weighted by molar-refractivity contribution is 8.18. The van der Waals surface area contributed by atoms with Crippen molar-refractivity contribution in [1.82, 2.24) is 4.90 Å². The topological polar surface area (TPSA) is 78.2 Å². The van der Waals surface area contributed by atoms with Crippen LogP contribution in [-0.4, -0.2) is 28.4 Å². The molecule has 3 heterocycles. The molecule has 7 nitrogen and oxygen atoms in total. The van der Waals surface area contributed by atoms with Gasteiger partial charge in [0, 0.05) is 31.0 Å².